The molecule has 1 aromatic carbocycles. The maximum atomic E-state index is 11.4. The van der Waals surface area contributed by atoms with Crippen LogP contribution in [-0.2, 0) is 17.8 Å². The van der Waals surface area contributed by atoms with Crippen LogP contribution >= 0.6 is 0 Å². The number of rotatable bonds is 3. The van der Waals surface area contributed by atoms with Crippen molar-refractivity contribution in [2.24, 2.45) is 0 Å². The highest BCUT2D eigenvalue weighted by Crippen LogP contribution is 2.26. The smallest absolute Gasteiger partial charge is 0.226 e. The molecular formula is C15H15N3O2. The zero-order chi connectivity index (χ0) is 13.9. The van der Waals surface area contributed by atoms with Crippen molar-refractivity contribution < 1.29 is 9.53 Å². The lowest BCUT2D eigenvalue weighted by Gasteiger charge is -2.20. The summed E-state index contributed by atoms with van der Waals surface area (Å²) in [5, 5.41) is 6.19. The van der Waals surface area contributed by atoms with E-state index < -0.39 is 0 Å². The summed E-state index contributed by atoms with van der Waals surface area (Å²) in [6.07, 6.45) is 2.06. The molecule has 2 heterocycles. The number of methoxy groups -OCH3 is 1. The normalized spacial score (nSPS) is 13.3. The first-order valence-corrected chi connectivity index (χ1v) is 6.41. The zero-order valence-corrected chi connectivity index (χ0v) is 11.1. The van der Waals surface area contributed by atoms with E-state index in [2.05, 4.69) is 15.6 Å². The molecule has 0 atom stereocenters. The number of carbonyl (C=O) groups is 1. The predicted molar refractivity (Wildman–Crippen MR) is 76.1 cm³/mol. The van der Waals surface area contributed by atoms with Gasteiger partial charge in [-0.3, -0.25) is 9.78 Å². The molecule has 1 aliphatic heterocycles. The molecule has 0 saturated heterocycles. The highest BCUT2D eigenvalue weighted by atomic mass is 16.5. The molecule has 0 unspecified atom stereocenters. The Morgan fingerprint density at radius 2 is 2.25 bits per heavy atom. The summed E-state index contributed by atoms with van der Waals surface area (Å²) in [4.78, 5) is 15.7. The fraction of sp³-hybridized carbons (Fsp3) is 0.200. The summed E-state index contributed by atoms with van der Waals surface area (Å²) >= 11 is 0. The minimum absolute atomic E-state index is 0.0172. The molecule has 0 bridgehead atoms. The van der Waals surface area contributed by atoms with Crippen LogP contribution in [0.15, 0.2) is 36.5 Å². The number of carbonyl (C=O) groups excluding carboxylic acids is 1. The van der Waals surface area contributed by atoms with E-state index in [1.807, 2.05) is 30.3 Å². The molecule has 102 valence electrons. The number of hydrogen-bond acceptors (Lipinski definition) is 4. The van der Waals surface area contributed by atoms with Crippen molar-refractivity contribution in [3.63, 3.8) is 0 Å². The number of pyridine rings is 1. The summed E-state index contributed by atoms with van der Waals surface area (Å²) in [5.74, 6) is 0.815. The number of nitrogens with zero attached hydrogens (tertiary/aromatic N) is 1. The van der Waals surface area contributed by atoms with E-state index in [0.29, 0.717) is 13.0 Å². The van der Waals surface area contributed by atoms with Crippen LogP contribution in [0, 0.1) is 0 Å². The number of aromatic nitrogens is 1. The minimum Gasteiger partial charge on any atom is -0.497 e. The molecule has 1 aromatic heterocycles. The molecule has 20 heavy (non-hydrogen) atoms. The lowest BCUT2D eigenvalue weighted by Crippen LogP contribution is -2.31. The van der Waals surface area contributed by atoms with Crippen LogP contribution in [0.2, 0.25) is 0 Å². The third-order valence-corrected chi connectivity index (χ3v) is 3.28. The second-order valence-electron chi connectivity index (χ2n) is 4.59. The van der Waals surface area contributed by atoms with Gasteiger partial charge < -0.3 is 15.4 Å². The maximum absolute atomic E-state index is 11.4. The van der Waals surface area contributed by atoms with Gasteiger partial charge in [0, 0.05) is 35.7 Å². The molecule has 5 nitrogen and oxygen atoms in total. The van der Waals surface area contributed by atoms with E-state index in [-0.39, 0.29) is 5.91 Å². The molecule has 0 radical (unpaired) electrons. The third-order valence-electron chi connectivity index (χ3n) is 3.28. The number of nitrogens with one attached hydrogen (secondary N) is 2. The van der Waals surface area contributed by atoms with Crippen LogP contribution in [-0.4, -0.2) is 18.0 Å². The van der Waals surface area contributed by atoms with Crippen LogP contribution in [0.25, 0.3) is 0 Å². The Kier molecular flexibility index (Phi) is 3.25. The number of hydrogen-bond donors (Lipinski definition) is 2. The quantitative estimate of drug-likeness (QED) is 0.894. The van der Waals surface area contributed by atoms with Gasteiger partial charge in [-0.15, -0.1) is 0 Å². The summed E-state index contributed by atoms with van der Waals surface area (Å²) in [6, 6.07) is 9.63. The Morgan fingerprint density at radius 3 is 3.10 bits per heavy atom. The molecule has 2 aromatic rings. The van der Waals surface area contributed by atoms with E-state index in [0.717, 1.165) is 28.4 Å². The van der Waals surface area contributed by atoms with E-state index in [4.69, 9.17) is 4.74 Å². The average Bonchev–Trinajstić information content (AvgIpc) is 2.47. The Hall–Kier alpha value is -2.56. The lowest BCUT2D eigenvalue weighted by atomic mass is 10.0. The van der Waals surface area contributed by atoms with Gasteiger partial charge in [0.25, 0.3) is 0 Å². The van der Waals surface area contributed by atoms with Gasteiger partial charge in [0.1, 0.15) is 5.75 Å². The molecular weight excluding hydrogens is 254 g/mol. The van der Waals surface area contributed by atoms with Crippen LogP contribution in [0.1, 0.15) is 11.3 Å². The topological polar surface area (TPSA) is 63.2 Å². The molecule has 1 amide bonds. The van der Waals surface area contributed by atoms with Gasteiger partial charge in [-0.2, -0.15) is 0 Å². The lowest BCUT2D eigenvalue weighted by molar-refractivity contribution is -0.121. The third kappa shape index (κ3) is 2.42. The SMILES string of the molecule is COc1cccc(Nc2ccnc3c2CNC(=O)C3)c1. The number of benzene rings is 1. The summed E-state index contributed by atoms with van der Waals surface area (Å²) in [5.41, 5.74) is 3.77. The van der Waals surface area contributed by atoms with Gasteiger partial charge in [-0.1, -0.05) is 6.07 Å². The van der Waals surface area contributed by atoms with Crippen molar-refractivity contribution in [3.05, 3.63) is 47.8 Å². The molecule has 0 fully saturated rings. The van der Waals surface area contributed by atoms with Crippen molar-refractivity contribution >= 4 is 17.3 Å². The van der Waals surface area contributed by atoms with Crippen molar-refractivity contribution in [1.82, 2.24) is 10.3 Å². The molecule has 3 rings (SSSR count). The van der Waals surface area contributed by atoms with Gasteiger partial charge in [-0.05, 0) is 18.2 Å². The van der Waals surface area contributed by atoms with Gasteiger partial charge in [0.15, 0.2) is 0 Å². The fourth-order valence-corrected chi connectivity index (χ4v) is 2.26. The van der Waals surface area contributed by atoms with Gasteiger partial charge in [0.2, 0.25) is 5.91 Å². The van der Waals surface area contributed by atoms with Gasteiger partial charge in [0.05, 0.1) is 19.2 Å². The van der Waals surface area contributed by atoms with Crippen molar-refractivity contribution in [2.75, 3.05) is 12.4 Å². The Bertz CT molecular complexity index is 655. The van der Waals surface area contributed by atoms with Crippen molar-refractivity contribution in [1.29, 1.82) is 0 Å². The molecule has 0 spiro atoms. The first-order valence-electron chi connectivity index (χ1n) is 6.41. The highest BCUT2D eigenvalue weighted by molar-refractivity contribution is 5.81. The number of ether oxygens (including phenoxy) is 1. The van der Waals surface area contributed by atoms with Gasteiger partial charge in [-0.25, -0.2) is 0 Å². The van der Waals surface area contributed by atoms with E-state index in [9.17, 15) is 4.79 Å². The molecule has 0 saturated carbocycles. The largest absolute Gasteiger partial charge is 0.497 e. The molecule has 5 heteroatoms. The molecule has 0 aliphatic carbocycles. The molecule has 2 N–H and O–H groups in total. The Morgan fingerprint density at radius 1 is 1.35 bits per heavy atom. The minimum atomic E-state index is 0.0172. The molecule has 1 aliphatic rings. The van der Waals surface area contributed by atoms with Crippen molar-refractivity contribution in [2.45, 2.75) is 13.0 Å². The first kappa shape index (κ1) is 12.5. The first-order chi connectivity index (χ1) is 9.76. The monoisotopic (exact) mass is 269 g/mol. The van der Waals surface area contributed by atoms with E-state index in [1.165, 1.54) is 0 Å². The number of amides is 1. The fourth-order valence-electron chi connectivity index (χ4n) is 2.26. The van der Waals surface area contributed by atoms with Crippen LogP contribution in [0.3, 0.4) is 0 Å². The number of anilines is 2. The predicted octanol–water partition coefficient (Wildman–Crippen LogP) is 2.01. The maximum Gasteiger partial charge on any atom is 0.226 e. The average molecular weight is 269 g/mol. The van der Waals surface area contributed by atoms with Crippen LogP contribution < -0.4 is 15.4 Å². The van der Waals surface area contributed by atoms with Crippen molar-refractivity contribution in [3.8, 4) is 5.75 Å². The van der Waals surface area contributed by atoms with E-state index >= 15 is 0 Å². The van der Waals surface area contributed by atoms with Crippen LogP contribution in [0.5, 0.6) is 5.75 Å². The number of fused-ring (bicyclic) bond motifs is 1. The second-order valence-corrected chi connectivity index (χ2v) is 4.59. The standard InChI is InChI=1S/C15H15N3O2/c1-20-11-4-2-3-10(7-11)18-13-5-6-16-14-8-15(19)17-9-12(13)14/h2-7H,8-9H2,1H3,(H,16,18)(H,17,19). The van der Waals surface area contributed by atoms with E-state index in [1.54, 1.807) is 13.3 Å². The Balaban J connectivity index is 1.91. The summed E-state index contributed by atoms with van der Waals surface area (Å²) < 4.78 is 5.21. The summed E-state index contributed by atoms with van der Waals surface area (Å²) in [6.45, 7) is 0.508. The van der Waals surface area contributed by atoms with Crippen LogP contribution in [0.4, 0.5) is 11.4 Å². The van der Waals surface area contributed by atoms with Gasteiger partial charge >= 0.3 is 0 Å². The second kappa shape index (κ2) is 5.21. The zero-order valence-electron chi connectivity index (χ0n) is 11.1. The summed E-state index contributed by atoms with van der Waals surface area (Å²) in [7, 11) is 1.64. The highest BCUT2D eigenvalue weighted by Gasteiger charge is 2.18. The Labute approximate surface area is 117 Å².